The number of rotatable bonds is 5. The van der Waals surface area contributed by atoms with Gasteiger partial charge in [0.2, 0.25) is 5.91 Å². The van der Waals surface area contributed by atoms with Crippen LogP contribution in [0.4, 0.5) is 0 Å². The number of hydrogen-bond acceptors (Lipinski definition) is 5. The van der Waals surface area contributed by atoms with Gasteiger partial charge in [0, 0.05) is 4.88 Å². The number of thiazole rings is 1. The second-order valence-electron chi connectivity index (χ2n) is 5.61. The Bertz CT molecular complexity index is 638. The molecule has 2 N–H and O–H groups in total. The normalized spacial score (nSPS) is 21.0. The Balaban J connectivity index is 1.57. The van der Waals surface area contributed by atoms with Crippen molar-refractivity contribution in [3.63, 3.8) is 0 Å². The molecule has 1 fully saturated rings. The van der Waals surface area contributed by atoms with E-state index in [4.69, 9.17) is 4.74 Å². The highest BCUT2D eigenvalue weighted by Gasteiger charge is 2.30. The van der Waals surface area contributed by atoms with Gasteiger partial charge in [-0.15, -0.1) is 11.3 Å². The molecule has 3 rings (SSSR count). The number of aryl methyl sites for hydroxylation is 2. The smallest absolute Gasteiger partial charge is 0.225 e. The molecule has 118 valence electrons. The van der Waals surface area contributed by atoms with Crippen molar-refractivity contribution in [2.24, 2.45) is 0 Å². The molecule has 1 aliphatic rings. The molecule has 0 aromatic carbocycles. The van der Waals surface area contributed by atoms with Crippen LogP contribution in [-0.2, 0) is 11.2 Å². The van der Waals surface area contributed by atoms with Crippen LogP contribution in [0.1, 0.15) is 34.8 Å². The van der Waals surface area contributed by atoms with Crippen molar-refractivity contribution >= 4 is 17.2 Å². The first-order valence-corrected chi connectivity index (χ1v) is 8.31. The molecule has 2 aromatic heterocycles. The van der Waals surface area contributed by atoms with E-state index >= 15 is 0 Å². The number of aromatic amines is 1. The Morgan fingerprint density at radius 2 is 2.36 bits per heavy atom. The van der Waals surface area contributed by atoms with E-state index in [2.05, 4.69) is 20.5 Å². The summed E-state index contributed by atoms with van der Waals surface area (Å²) in [5.41, 5.74) is 0.954. The number of nitrogens with zero attached hydrogens (tertiary/aromatic N) is 2. The van der Waals surface area contributed by atoms with E-state index in [1.807, 2.05) is 13.8 Å². The number of carbonyl (C=O) groups is 1. The standard InChI is InChI=1S/C15H20N4O2S/c1-9-14(22-10(2)18-9)6-15(20)19-12-4-3-5-13(12)21-11-7-16-17-8-11/h7-8,12-13H,3-6H2,1-2H3,(H,16,17)(H,19,20)/t12-,13+/m1/s1. The number of aromatic nitrogens is 3. The van der Waals surface area contributed by atoms with Crippen LogP contribution in [0.2, 0.25) is 0 Å². The van der Waals surface area contributed by atoms with Gasteiger partial charge in [-0.2, -0.15) is 5.10 Å². The average Bonchev–Trinajstić information content (AvgIpc) is 3.16. The molecule has 1 aliphatic carbocycles. The highest BCUT2D eigenvalue weighted by molar-refractivity contribution is 7.11. The Morgan fingerprint density at radius 3 is 3.05 bits per heavy atom. The summed E-state index contributed by atoms with van der Waals surface area (Å²) in [4.78, 5) is 17.7. The molecule has 0 aliphatic heterocycles. The predicted octanol–water partition coefficient (Wildman–Crippen LogP) is 2.14. The van der Waals surface area contributed by atoms with E-state index in [9.17, 15) is 4.79 Å². The Kier molecular flexibility index (Phi) is 4.42. The summed E-state index contributed by atoms with van der Waals surface area (Å²) in [5, 5.41) is 10.7. The van der Waals surface area contributed by atoms with Crippen molar-refractivity contribution in [1.29, 1.82) is 0 Å². The number of amides is 1. The SMILES string of the molecule is Cc1nc(C)c(CC(=O)N[C@@H]2CCC[C@@H]2Oc2cn[nH]c2)s1. The first-order chi connectivity index (χ1) is 10.6. The van der Waals surface area contributed by atoms with Crippen LogP contribution in [0.3, 0.4) is 0 Å². The van der Waals surface area contributed by atoms with Crippen molar-refractivity contribution in [2.75, 3.05) is 0 Å². The topological polar surface area (TPSA) is 79.9 Å². The summed E-state index contributed by atoms with van der Waals surface area (Å²) in [5.74, 6) is 0.763. The molecule has 0 saturated heterocycles. The summed E-state index contributed by atoms with van der Waals surface area (Å²) in [7, 11) is 0. The molecule has 0 bridgehead atoms. The first-order valence-electron chi connectivity index (χ1n) is 7.49. The van der Waals surface area contributed by atoms with Gasteiger partial charge in [0.15, 0.2) is 5.75 Å². The second kappa shape index (κ2) is 6.48. The van der Waals surface area contributed by atoms with Gasteiger partial charge in [0.25, 0.3) is 0 Å². The van der Waals surface area contributed by atoms with Gasteiger partial charge in [-0.1, -0.05) is 0 Å². The zero-order valence-electron chi connectivity index (χ0n) is 12.8. The fraction of sp³-hybridized carbons (Fsp3) is 0.533. The number of nitrogens with one attached hydrogen (secondary N) is 2. The van der Waals surface area contributed by atoms with Crippen LogP contribution in [-0.4, -0.2) is 33.2 Å². The summed E-state index contributed by atoms with van der Waals surface area (Å²) in [6.07, 6.45) is 6.76. The maximum atomic E-state index is 12.3. The molecule has 6 nitrogen and oxygen atoms in total. The highest BCUT2D eigenvalue weighted by atomic mass is 32.1. The summed E-state index contributed by atoms with van der Waals surface area (Å²) in [6.45, 7) is 3.91. The molecule has 2 atom stereocenters. The van der Waals surface area contributed by atoms with Gasteiger partial charge >= 0.3 is 0 Å². The van der Waals surface area contributed by atoms with Gasteiger partial charge in [-0.3, -0.25) is 9.89 Å². The first kappa shape index (κ1) is 15.0. The number of carbonyl (C=O) groups excluding carboxylic acids is 1. The quantitative estimate of drug-likeness (QED) is 0.884. The number of hydrogen-bond donors (Lipinski definition) is 2. The van der Waals surface area contributed by atoms with Crippen molar-refractivity contribution in [2.45, 2.75) is 51.7 Å². The van der Waals surface area contributed by atoms with E-state index in [-0.39, 0.29) is 18.1 Å². The molecule has 0 spiro atoms. The maximum absolute atomic E-state index is 12.3. The minimum absolute atomic E-state index is 0.0193. The number of H-pyrrole nitrogens is 1. The van der Waals surface area contributed by atoms with E-state index in [0.29, 0.717) is 6.42 Å². The van der Waals surface area contributed by atoms with Crippen LogP contribution in [0.25, 0.3) is 0 Å². The van der Waals surface area contributed by atoms with Crippen LogP contribution in [0.15, 0.2) is 12.4 Å². The molecule has 2 aromatic rings. The summed E-state index contributed by atoms with van der Waals surface area (Å²) >= 11 is 1.59. The molecule has 22 heavy (non-hydrogen) atoms. The lowest BCUT2D eigenvalue weighted by molar-refractivity contribution is -0.121. The Morgan fingerprint density at radius 1 is 1.50 bits per heavy atom. The van der Waals surface area contributed by atoms with Crippen LogP contribution >= 0.6 is 11.3 Å². The van der Waals surface area contributed by atoms with Gasteiger partial charge < -0.3 is 10.1 Å². The molecule has 0 unspecified atom stereocenters. The van der Waals surface area contributed by atoms with Crippen LogP contribution < -0.4 is 10.1 Å². The maximum Gasteiger partial charge on any atom is 0.225 e. The molecule has 0 radical (unpaired) electrons. The molecule has 1 saturated carbocycles. The van der Waals surface area contributed by atoms with E-state index in [1.54, 1.807) is 23.7 Å². The summed E-state index contributed by atoms with van der Waals surface area (Å²) in [6, 6.07) is 0.0664. The third-order valence-electron chi connectivity index (χ3n) is 3.88. The van der Waals surface area contributed by atoms with Crippen molar-refractivity contribution in [3.05, 3.63) is 28.0 Å². The third-order valence-corrected chi connectivity index (χ3v) is 4.95. The fourth-order valence-corrected chi connectivity index (χ4v) is 3.79. The predicted molar refractivity (Wildman–Crippen MR) is 84.1 cm³/mol. The van der Waals surface area contributed by atoms with Gasteiger partial charge in [-0.05, 0) is 33.1 Å². The molecular formula is C15H20N4O2S. The lowest BCUT2D eigenvalue weighted by Gasteiger charge is -2.21. The van der Waals surface area contributed by atoms with Gasteiger partial charge in [0.05, 0.1) is 35.6 Å². The minimum atomic E-state index is 0.0193. The summed E-state index contributed by atoms with van der Waals surface area (Å²) < 4.78 is 5.89. The molecular weight excluding hydrogens is 300 g/mol. The lowest BCUT2D eigenvalue weighted by atomic mass is 10.2. The molecule has 1 amide bonds. The van der Waals surface area contributed by atoms with Gasteiger partial charge in [-0.25, -0.2) is 4.98 Å². The average molecular weight is 320 g/mol. The molecule has 2 heterocycles. The van der Waals surface area contributed by atoms with Crippen LogP contribution in [0, 0.1) is 13.8 Å². The van der Waals surface area contributed by atoms with E-state index < -0.39 is 0 Å². The minimum Gasteiger partial charge on any atom is -0.485 e. The van der Waals surface area contributed by atoms with E-state index in [0.717, 1.165) is 40.6 Å². The zero-order valence-corrected chi connectivity index (χ0v) is 13.6. The van der Waals surface area contributed by atoms with Crippen LogP contribution in [0.5, 0.6) is 5.75 Å². The third kappa shape index (κ3) is 3.47. The monoisotopic (exact) mass is 320 g/mol. The number of ether oxygens (including phenoxy) is 1. The van der Waals surface area contributed by atoms with Crippen molar-refractivity contribution < 1.29 is 9.53 Å². The second-order valence-corrected chi connectivity index (χ2v) is 6.90. The van der Waals surface area contributed by atoms with E-state index in [1.165, 1.54) is 0 Å². The van der Waals surface area contributed by atoms with Crippen molar-refractivity contribution in [3.8, 4) is 5.75 Å². The Labute approximate surface area is 133 Å². The highest BCUT2D eigenvalue weighted by Crippen LogP contribution is 2.24. The Hall–Kier alpha value is -1.89. The van der Waals surface area contributed by atoms with Gasteiger partial charge in [0.1, 0.15) is 6.10 Å². The van der Waals surface area contributed by atoms with Crippen molar-refractivity contribution in [1.82, 2.24) is 20.5 Å². The lowest BCUT2D eigenvalue weighted by Crippen LogP contribution is -2.43. The fourth-order valence-electron chi connectivity index (χ4n) is 2.85. The largest absolute Gasteiger partial charge is 0.485 e. The molecule has 7 heteroatoms. The zero-order chi connectivity index (χ0) is 15.5.